The van der Waals surface area contributed by atoms with Crippen LogP contribution in [-0.4, -0.2) is 56.3 Å². The third-order valence-electron chi connectivity index (χ3n) is 4.71. The van der Waals surface area contributed by atoms with E-state index >= 15 is 0 Å². The molecule has 0 saturated carbocycles. The van der Waals surface area contributed by atoms with E-state index in [1.807, 2.05) is 12.1 Å². The molecule has 0 aliphatic carbocycles. The van der Waals surface area contributed by atoms with Gasteiger partial charge in [0, 0.05) is 44.1 Å². The van der Waals surface area contributed by atoms with E-state index in [-0.39, 0.29) is 11.8 Å². The average Bonchev–Trinajstić information content (AvgIpc) is 2.89. The first kappa shape index (κ1) is 28.4. The first-order valence-electron chi connectivity index (χ1n) is 10.7. The second-order valence-corrected chi connectivity index (χ2v) is 7.16. The molecule has 0 saturated heterocycles. The van der Waals surface area contributed by atoms with Gasteiger partial charge in [-0.2, -0.15) is 0 Å². The number of nitrogens with two attached hydrogens (primary N) is 3. The Morgan fingerprint density at radius 3 is 2.17 bits per heavy atom. The average molecular weight is 480 g/mol. The summed E-state index contributed by atoms with van der Waals surface area (Å²) in [6.07, 6.45) is 5.54. The van der Waals surface area contributed by atoms with Crippen molar-refractivity contribution in [3.05, 3.63) is 78.4 Å². The van der Waals surface area contributed by atoms with E-state index in [1.165, 1.54) is 12.4 Å². The van der Waals surface area contributed by atoms with Crippen LogP contribution in [0.1, 0.15) is 22.3 Å². The maximum Gasteiger partial charge on any atom is 0.316 e. The number of primary amides is 1. The maximum atomic E-state index is 11.6. The van der Waals surface area contributed by atoms with Crippen LogP contribution in [-0.2, 0) is 4.79 Å². The number of anilines is 2. The lowest BCUT2D eigenvalue weighted by Gasteiger charge is -2.26. The third-order valence-corrected chi connectivity index (χ3v) is 4.71. The van der Waals surface area contributed by atoms with Gasteiger partial charge in [0.1, 0.15) is 0 Å². The van der Waals surface area contributed by atoms with Gasteiger partial charge in [-0.05, 0) is 60.0 Å². The second-order valence-electron chi connectivity index (χ2n) is 7.16. The van der Waals surface area contributed by atoms with Crippen LogP contribution in [0.15, 0.2) is 72.3 Å². The molecule has 10 nitrogen and oxygen atoms in total. The molecule has 10 heteroatoms. The van der Waals surface area contributed by atoms with E-state index in [0.717, 1.165) is 24.1 Å². The Hall–Kier alpha value is -4.60. The smallest absolute Gasteiger partial charge is 0.316 e. The molecule has 0 bridgehead atoms. The highest BCUT2D eigenvalue weighted by atomic mass is 16.2. The minimum atomic E-state index is -0.586. The number of carbonyl (C=O) groups excluding carboxylic acids is 3. The zero-order chi connectivity index (χ0) is 26.2. The molecule has 1 heterocycles. The highest BCUT2D eigenvalue weighted by Gasteiger charge is 2.16. The number of nitrogens with one attached hydrogen (secondary N) is 2. The van der Waals surface area contributed by atoms with Gasteiger partial charge in [-0.3, -0.25) is 14.6 Å². The van der Waals surface area contributed by atoms with E-state index in [1.54, 1.807) is 55.4 Å². The van der Waals surface area contributed by atoms with E-state index < -0.39 is 6.03 Å². The van der Waals surface area contributed by atoms with E-state index in [9.17, 15) is 14.4 Å². The molecule has 0 atom stereocenters. The fraction of sp³-hybridized carbons (Fsp3) is 0.200. The number of hydrogen-bond donors (Lipinski definition) is 5. The van der Waals surface area contributed by atoms with Gasteiger partial charge in [-0.25, -0.2) is 4.79 Å². The number of amides is 4. The van der Waals surface area contributed by atoms with Gasteiger partial charge in [0.15, 0.2) is 0 Å². The lowest BCUT2D eigenvalue weighted by atomic mass is 10.0. The number of rotatable bonds is 4. The van der Waals surface area contributed by atoms with E-state index in [2.05, 4.69) is 28.3 Å². The molecule has 0 spiro atoms. The molecule has 2 aromatic carbocycles. The lowest BCUT2D eigenvalue weighted by Crippen LogP contribution is -2.34. The number of nitrogen functional groups attached to an aromatic ring is 1. The molecule has 0 fully saturated rings. The summed E-state index contributed by atoms with van der Waals surface area (Å²) < 4.78 is 0. The third kappa shape index (κ3) is 10.3. The van der Waals surface area contributed by atoms with Crippen LogP contribution >= 0.6 is 0 Å². The molecule has 0 radical (unpaired) electrons. The number of benzene rings is 2. The number of aliphatic imine (C=N–C) groups is 1. The summed E-state index contributed by atoms with van der Waals surface area (Å²) in [4.78, 5) is 38.5. The quantitative estimate of drug-likeness (QED) is 0.196. The number of carbonyl (C=O) groups is 3. The van der Waals surface area contributed by atoms with Crippen LogP contribution in [0.5, 0.6) is 0 Å². The predicted molar refractivity (Wildman–Crippen MR) is 142 cm³/mol. The number of hydrogen-bond acceptors (Lipinski definition) is 5. The Balaban J connectivity index is 0.000000342. The first-order chi connectivity index (χ1) is 16.7. The van der Waals surface area contributed by atoms with Crippen molar-refractivity contribution < 1.29 is 14.4 Å². The van der Waals surface area contributed by atoms with Gasteiger partial charge in [-0.15, -0.1) is 0 Å². The van der Waals surface area contributed by atoms with Crippen LogP contribution in [0, 0.1) is 0 Å². The van der Waals surface area contributed by atoms with E-state index in [4.69, 9.17) is 17.2 Å². The first-order valence-corrected chi connectivity index (χ1v) is 10.7. The highest BCUT2D eigenvalue weighted by Crippen LogP contribution is 2.22. The van der Waals surface area contributed by atoms with Gasteiger partial charge >= 0.3 is 6.03 Å². The summed E-state index contributed by atoms with van der Waals surface area (Å²) in [6, 6.07) is 13.6. The molecule has 0 aromatic heterocycles. The topological polar surface area (TPSA) is 169 Å². The normalized spacial score (nSPS) is 12.2. The Kier molecular flexibility index (Phi) is 12.4. The maximum absolute atomic E-state index is 11.6. The molecule has 35 heavy (non-hydrogen) atoms. The van der Waals surface area contributed by atoms with Crippen LogP contribution in [0.2, 0.25) is 0 Å². The summed E-state index contributed by atoms with van der Waals surface area (Å²) in [5, 5.41) is 5.03. The summed E-state index contributed by atoms with van der Waals surface area (Å²) in [7, 11) is 3.22. The Bertz CT molecular complexity index is 1040. The van der Waals surface area contributed by atoms with Crippen molar-refractivity contribution in [2.24, 2.45) is 16.5 Å². The molecule has 186 valence electrons. The fourth-order valence-corrected chi connectivity index (χ4v) is 2.96. The van der Waals surface area contributed by atoms with Gasteiger partial charge in [0.05, 0.1) is 6.34 Å². The van der Waals surface area contributed by atoms with Gasteiger partial charge in [0.2, 0.25) is 5.91 Å². The summed E-state index contributed by atoms with van der Waals surface area (Å²) in [5.74, 6) is -0.146. The van der Waals surface area contributed by atoms with Crippen LogP contribution in [0.25, 0.3) is 5.57 Å². The summed E-state index contributed by atoms with van der Waals surface area (Å²) in [5.41, 5.74) is 19.3. The Labute approximate surface area is 205 Å². The van der Waals surface area contributed by atoms with Crippen molar-refractivity contribution in [3.8, 4) is 0 Å². The number of nitrogens with zero attached hydrogens (tertiary/aromatic N) is 2. The Morgan fingerprint density at radius 2 is 1.69 bits per heavy atom. The van der Waals surface area contributed by atoms with Crippen molar-refractivity contribution in [3.63, 3.8) is 0 Å². The predicted octanol–water partition coefficient (Wildman–Crippen LogP) is 2.21. The van der Waals surface area contributed by atoms with Crippen molar-refractivity contribution >= 4 is 41.1 Å². The molecule has 1 aliphatic rings. The molecule has 8 N–H and O–H groups in total. The molecule has 0 unspecified atom stereocenters. The second kappa shape index (κ2) is 15.3. The summed E-state index contributed by atoms with van der Waals surface area (Å²) in [6.45, 7) is 4.80. The largest absolute Gasteiger partial charge is 0.399 e. The van der Waals surface area contributed by atoms with Gasteiger partial charge < -0.3 is 32.7 Å². The fourth-order valence-electron chi connectivity index (χ4n) is 2.96. The Morgan fingerprint density at radius 1 is 1.09 bits per heavy atom. The standard InChI is InChI=1S/C15H17N3O2.C8H10N2O.C2H6N2/c1-2-14(19)18-9-3-4-12(10-18)11-5-7-13(8-6-11)17-15(16)20;1-10-8(11)6-2-4-7(9)5-3-6;1-4-2-3/h2,4-8H,1,3,9-10H2,(H3,16,17,20);2-5H,9H2,1H3,(H,10,11);2H,1H3,(H2,3,4). The van der Waals surface area contributed by atoms with Crippen LogP contribution in [0.3, 0.4) is 0 Å². The molecule has 2 aromatic rings. The highest BCUT2D eigenvalue weighted by molar-refractivity contribution is 5.94. The van der Waals surface area contributed by atoms with E-state index in [0.29, 0.717) is 23.5 Å². The van der Waals surface area contributed by atoms with Crippen molar-refractivity contribution in [2.45, 2.75) is 6.42 Å². The van der Waals surface area contributed by atoms with Crippen molar-refractivity contribution in [2.75, 3.05) is 38.2 Å². The molecule has 3 rings (SSSR count). The van der Waals surface area contributed by atoms with Crippen molar-refractivity contribution in [1.29, 1.82) is 0 Å². The lowest BCUT2D eigenvalue weighted by molar-refractivity contribution is -0.125. The summed E-state index contributed by atoms with van der Waals surface area (Å²) >= 11 is 0. The van der Waals surface area contributed by atoms with Crippen LogP contribution in [0.4, 0.5) is 16.2 Å². The number of urea groups is 1. The SMILES string of the molecule is C=CC(=O)N1CCC=C(c2ccc(NC(N)=O)cc2)C1.CN=CN.CNC(=O)c1ccc(N)cc1. The minimum absolute atomic E-state index is 0.0531. The monoisotopic (exact) mass is 479 g/mol. The van der Waals surface area contributed by atoms with Crippen molar-refractivity contribution in [1.82, 2.24) is 10.2 Å². The van der Waals surface area contributed by atoms with Gasteiger partial charge in [-0.1, -0.05) is 24.8 Å². The zero-order valence-corrected chi connectivity index (χ0v) is 20.0. The minimum Gasteiger partial charge on any atom is -0.399 e. The van der Waals surface area contributed by atoms with Crippen LogP contribution < -0.4 is 27.8 Å². The molecular formula is C25H33N7O3. The zero-order valence-electron chi connectivity index (χ0n) is 20.0. The molecular weight excluding hydrogens is 446 g/mol. The molecule has 4 amide bonds. The van der Waals surface area contributed by atoms with Gasteiger partial charge in [0.25, 0.3) is 5.91 Å². The molecule has 1 aliphatic heterocycles.